The summed E-state index contributed by atoms with van der Waals surface area (Å²) in [4.78, 5) is 12.9. The maximum atomic E-state index is 13.4. The topological polar surface area (TPSA) is 40.5 Å². The lowest BCUT2D eigenvalue weighted by Gasteiger charge is -2.17. The summed E-state index contributed by atoms with van der Waals surface area (Å²) >= 11 is 0. The average Bonchev–Trinajstić information content (AvgIpc) is 2.67. The van der Waals surface area contributed by atoms with Gasteiger partial charge in [-0.3, -0.25) is 4.79 Å². The second kappa shape index (κ2) is 4.41. The third-order valence-electron chi connectivity index (χ3n) is 3.04. The van der Waals surface area contributed by atoms with Gasteiger partial charge in [-0.15, -0.1) is 0 Å². The molecule has 0 bridgehead atoms. The molecule has 1 aromatic rings. The van der Waals surface area contributed by atoms with Gasteiger partial charge in [-0.1, -0.05) is 0 Å². The van der Waals surface area contributed by atoms with Crippen LogP contribution in [0.2, 0.25) is 0 Å². The van der Waals surface area contributed by atoms with E-state index in [9.17, 15) is 13.6 Å². The number of amides is 1. The minimum absolute atomic E-state index is 0.0564. The smallest absolute Gasteiger partial charge is 0.227 e. The lowest BCUT2D eigenvalue weighted by Crippen LogP contribution is -2.25. The number of anilines is 1. The van der Waals surface area contributed by atoms with Crippen LogP contribution in [0.1, 0.15) is 12.0 Å². The summed E-state index contributed by atoms with van der Waals surface area (Å²) in [5.41, 5.74) is 0.158. The van der Waals surface area contributed by atoms with Crippen molar-refractivity contribution in [2.75, 3.05) is 18.1 Å². The van der Waals surface area contributed by atoms with E-state index in [4.69, 9.17) is 5.11 Å². The molecule has 0 aliphatic carbocycles. The summed E-state index contributed by atoms with van der Waals surface area (Å²) in [6.45, 7) is 1.55. The number of rotatable bonds is 2. The van der Waals surface area contributed by atoms with Crippen LogP contribution in [0.25, 0.3) is 0 Å². The lowest BCUT2D eigenvalue weighted by molar-refractivity contribution is -0.117. The number of halogens is 2. The molecule has 1 amide bonds. The summed E-state index contributed by atoms with van der Waals surface area (Å²) in [6.07, 6.45) is 0.216. The van der Waals surface area contributed by atoms with Crippen LogP contribution < -0.4 is 4.90 Å². The van der Waals surface area contributed by atoms with E-state index < -0.39 is 11.6 Å². The summed E-state index contributed by atoms with van der Waals surface area (Å²) in [5.74, 6) is -1.71. The van der Waals surface area contributed by atoms with E-state index in [-0.39, 0.29) is 36.1 Å². The molecule has 1 heterocycles. The Morgan fingerprint density at radius 3 is 2.47 bits per heavy atom. The van der Waals surface area contributed by atoms with Crippen LogP contribution in [-0.4, -0.2) is 24.2 Å². The molecule has 1 N–H and O–H groups in total. The normalized spacial score (nSPS) is 20.1. The average molecular weight is 241 g/mol. The van der Waals surface area contributed by atoms with Gasteiger partial charge in [0.05, 0.1) is 0 Å². The SMILES string of the molecule is Cc1c(F)cc(N2CC(CO)CC2=O)cc1F. The Morgan fingerprint density at radius 1 is 1.41 bits per heavy atom. The number of hydrogen-bond acceptors (Lipinski definition) is 2. The van der Waals surface area contributed by atoms with Crippen molar-refractivity contribution in [2.45, 2.75) is 13.3 Å². The van der Waals surface area contributed by atoms with Crippen LogP contribution in [0.15, 0.2) is 12.1 Å². The molecule has 1 unspecified atom stereocenters. The largest absolute Gasteiger partial charge is 0.396 e. The van der Waals surface area contributed by atoms with Gasteiger partial charge >= 0.3 is 0 Å². The van der Waals surface area contributed by atoms with Gasteiger partial charge in [0, 0.05) is 36.7 Å². The number of aliphatic hydroxyl groups is 1. The molecule has 1 fully saturated rings. The summed E-state index contributed by atoms with van der Waals surface area (Å²) < 4.78 is 26.7. The van der Waals surface area contributed by atoms with Crippen LogP contribution in [0.3, 0.4) is 0 Å². The van der Waals surface area contributed by atoms with Crippen LogP contribution in [0.4, 0.5) is 14.5 Å². The van der Waals surface area contributed by atoms with E-state index in [0.717, 1.165) is 12.1 Å². The fourth-order valence-electron chi connectivity index (χ4n) is 1.94. The van der Waals surface area contributed by atoms with E-state index in [0.29, 0.717) is 6.54 Å². The van der Waals surface area contributed by atoms with E-state index >= 15 is 0 Å². The number of carbonyl (C=O) groups is 1. The Kier molecular flexibility index (Phi) is 3.11. The zero-order valence-electron chi connectivity index (χ0n) is 9.41. The van der Waals surface area contributed by atoms with E-state index in [2.05, 4.69) is 0 Å². The summed E-state index contributed by atoms with van der Waals surface area (Å²) in [5, 5.41) is 8.97. The van der Waals surface area contributed by atoms with Crippen LogP contribution in [-0.2, 0) is 4.79 Å². The van der Waals surface area contributed by atoms with Crippen molar-refractivity contribution < 1.29 is 18.7 Å². The molecule has 2 rings (SSSR count). The van der Waals surface area contributed by atoms with Gasteiger partial charge in [-0.2, -0.15) is 0 Å². The highest BCUT2D eigenvalue weighted by Gasteiger charge is 2.30. The lowest BCUT2D eigenvalue weighted by atomic mass is 10.1. The van der Waals surface area contributed by atoms with Gasteiger partial charge in [0.1, 0.15) is 11.6 Å². The van der Waals surface area contributed by atoms with Crippen molar-refractivity contribution in [1.29, 1.82) is 0 Å². The molecule has 0 aromatic heterocycles. The van der Waals surface area contributed by atoms with E-state index in [1.807, 2.05) is 0 Å². The Labute approximate surface area is 97.7 Å². The van der Waals surface area contributed by atoms with Gasteiger partial charge in [0.2, 0.25) is 5.91 Å². The maximum Gasteiger partial charge on any atom is 0.227 e. The Hall–Kier alpha value is -1.49. The minimum atomic E-state index is -0.666. The highest BCUT2D eigenvalue weighted by atomic mass is 19.1. The minimum Gasteiger partial charge on any atom is -0.396 e. The molecule has 0 saturated carbocycles. The maximum absolute atomic E-state index is 13.4. The van der Waals surface area contributed by atoms with Crippen LogP contribution in [0, 0.1) is 24.5 Å². The van der Waals surface area contributed by atoms with Crippen LogP contribution >= 0.6 is 0 Å². The first-order valence-corrected chi connectivity index (χ1v) is 5.39. The fourth-order valence-corrected chi connectivity index (χ4v) is 1.94. The molecular formula is C12H13F2NO2. The number of nitrogens with zero attached hydrogens (tertiary/aromatic N) is 1. The van der Waals surface area contributed by atoms with Gasteiger partial charge in [0.25, 0.3) is 0 Å². The molecule has 0 spiro atoms. The third-order valence-corrected chi connectivity index (χ3v) is 3.04. The molecule has 5 heteroatoms. The third kappa shape index (κ3) is 2.15. The quantitative estimate of drug-likeness (QED) is 0.854. The predicted molar refractivity (Wildman–Crippen MR) is 58.6 cm³/mol. The number of hydrogen-bond donors (Lipinski definition) is 1. The van der Waals surface area contributed by atoms with E-state index in [1.165, 1.54) is 11.8 Å². The summed E-state index contributed by atoms with van der Waals surface area (Å²) in [6, 6.07) is 2.30. The zero-order valence-corrected chi connectivity index (χ0v) is 9.41. The molecule has 3 nitrogen and oxygen atoms in total. The summed E-state index contributed by atoms with van der Waals surface area (Å²) in [7, 11) is 0. The van der Waals surface area contributed by atoms with Gasteiger partial charge in [0.15, 0.2) is 0 Å². The standard InChI is InChI=1S/C12H13F2NO2/c1-7-10(13)3-9(4-11(7)14)15-5-8(6-16)2-12(15)17/h3-4,8,16H,2,5-6H2,1H3. The molecule has 1 atom stereocenters. The van der Waals surface area contributed by atoms with Gasteiger partial charge in [-0.05, 0) is 19.1 Å². The zero-order chi connectivity index (χ0) is 12.6. The molecule has 1 aliphatic heterocycles. The fraction of sp³-hybridized carbons (Fsp3) is 0.417. The van der Waals surface area contributed by atoms with Crippen LogP contribution in [0.5, 0.6) is 0 Å². The van der Waals surface area contributed by atoms with Gasteiger partial charge < -0.3 is 10.0 Å². The molecule has 0 radical (unpaired) electrons. The second-order valence-electron chi connectivity index (χ2n) is 4.29. The van der Waals surface area contributed by atoms with Gasteiger partial charge in [-0.25, -0.2) is 8.78 Å². The molecule has 92 valence electrons. The molecule has 1 aromatic carbocycles. The first-order valence-electron chi connectivity index (χ1n) is 5.39. The number of aliphatic hydroxyl groups excluding tert-OH is 1. The predicted octanol–water partition coefficient (Wildman–Crippen LogP) is 1.62. The van der Waals surface area contributed by atoms with Crippen molar-refractivity contribution in [3.05, 3.63) is 29.3 Å². The Balaban J connectivity index is 2.32. The first-order chi connectivity index (χ1) is 8.02. The Morgan fingerprint density at radius 2 is 2.00 bits per heavy atom. The first kappa shape index (κ1) is 12.0. The van der Waals surface area contributed by atoms with Crippen molar-refractivity contribution in [2.24, 2.45) is 5.92 Å². The highest BCUT2D eigenvalue weighted by Crippen LogP contribution is 2.27. The van der Waals surface area contributed by atoms with E-state index in [1.54, 1.807) is 0 Å². The molecule has 1 aliphatic rings. The molecule has 1 saturated heterocycles. The number of benzene rings is 1. The molecule has 17 heavy (non-hydrogen) atoms. The highest BCUT2D eigenvalue weighted by molar-refractivity contribution is 5.95. The van der Waals surface area contributed by atoms with Crippen molar-refractivity contribution in [3.63, 3.8) is 0 Å². The monoisotopic (exact) mass is 241 g/mol. The van der Waals surface area contributed by atoms with Crippen molar-refractivity contribution in [3.8, 4) is 0 Å². The number of carbonyl (C=O) groups excluding carboxylic acids is 1. The van der Waals surface area contributed by atoms with Crippen molar-refractivity contribution in [1.82, 2.24) is 0 Å². The van der Waals surface area contributed by atoms with Crippen molar-refractivity contribution >= 4 is 11.6 Å². The Bertz CT molecular complexity index is 439. The molecular weight excluding hydrogens is 228 g/mol. The second-order valence-corrected chi connectivity index (χ2v) is 4.29.